The van der Waals surface area contributed by atoms with Crippen molar-refractivity contribution < 1.29 is 4.79 Å². The highest BCUT2D eigenvalue weighted by Crippen LogP contribution is 2.33. The summed E-state index contributed by atoms with van der Waals surface area (Å²) in [4.78, 5) is 32.7. The van der Waals surface area contributed by atoms with E-state index < -0.39 is 0 Å². The number of thioether (sulfide) groups is 1. The highest BCUT2D eigenvalue weighted by Gasteiger charge is 2.30. The number of rotatable bonds is 7. The van der Waals surface area contributed by atoms with Crippen molar-refractivity contribution >= 4 is 40.3 Å². The van der Waals surface area contributed by atoms with Gasteiger partial charge in [-0.25, -0.2) is 9.67 Å². The summed E-state index contributed by atoms with van der Waals surface area (Å²) in [6.07, 6.45) is 3.72. The second-order valence-electron chi connectivity index (χ2n) is 7.39. The van der Waals surface area contributed by atoms with Gasteiger partial charge in [-0.2, -0.15) is 5.10 Å². The minimum atomic E-state index is -0.183. The molecule has 7 nitrogen and oxygen atoms in total. The maximum absolute atomic E-state index is 13.2. The van der Waals surface area contributed by atoms with E-state index in [1.807, 2.05) is 17.0 Å². The van der Waals surface area contributed by atoms with Gasteiger partial charge in [0.1, 0.15) is 5.39 Å². The molecule has 0 saturated carbocycles. The summed E-state index contributed by atoms with van der Waals surface area (Å²) in [6, 6.07) is 7.05. The van der Waals surface area contributed by atoms with Crippen LogP contribution in [-0.4, -0.2) is 49.0 Å². The number of aromatic nitrogens is 4. The van der Waals surface area contributed by atoms with E-state index >= 15 is 0 Å². The summed E-state index contributed by atoms with van der Waals surface area (Å²) in [7, 11) is 0. The van der Waals surface area contributed by atoms with Gasteiger partial charge in [0.25, 0.3) is 5.56 Å². The number of fused-ring (bicyclic) bond motifs is 2. The molecule has 1 aromatic carbocycles. The van der Waals surface area contributed by atoms with E-state index in [1.165, 1.54) is 11.8 Å². The Kier molecular flexibility index (Phi) is 6.15. The number of amides is 1. The lowest BCUT2D eigenvalue weighted by Crippen LogP contribution is -2.35. The van der Waals surface area contributed by atoms with Crippen LogP contribution < -0.4 is 5.56 Å². The van der Waals surface area contributed by atoms with Crippen molar-refractivity contribution in [2.75, 3.05) is 18.8 Å². The summed E-state index contributed by atoms with van der Waals surface area (Å²) >= 11 is 7.49. The molecule has 0 bridgehead atoms. The molecular formula is C21H24ClN5O2S. The molecule has 1 amide bonds. The fraction of sp³-hybridized carbons (Fsp3) is 0.429. The van der Waals surface area contributed by atoms with Crippen molar-refractivity contribution in [1.82, 2.24) is 24.2 Å². The Labute approximate surface area is 184 Å². The maximum Gasteiger partial charge on any atom is 0.265 e. The van der Waals surface area contributed by atoms with Crippen LogP contribution in [0.3, 0.4) is 0 Å². The van der Waals surface area contributed by atoms with Crippen LogP contribution in [0.1, 0.15) is 39.2 Å². The first-order valence-corrected chi connectivity index (χ1v) is 11.6. The lowest BCUT2D eigenvalue weighted by atomic mass is 10.2. The Bertz CT molecular complexity index is 1120. The average Bonchev–Trinajstić information content (AvgIpc) is 3.33. The first kappa shape index (κ1) is 20.9. The molecule has 3 heterocycles. The van der Waals surface area contributed by atoms with Crippen LogP contribution in [0.25, 0.3) is 16.7 Å². The van der Waals surface area contributed by atoms with E-state index in [1.54, 1.807) is 27.6 Å². The van der Waals surface area contributed by atoms with Crippen molar-refractivity contribution in [3.63, 3.8) is 0 Å². The highest BCUT2D eigenvalue weighted by molar-refractivity contribution is 7.99. The van der Waals surface area contributed by atoms with Crippen LogP contribution in [0, 0.1) is 0 Å². The van der Waals surface area contributed by atoms with Crippen molar-refractivity contribution in [3.05, 3.63) is 45.8 Å². The average molecular weight is 446 g/mol. The summed E-state index contributed by atoms with van der Waals surface area (Å²) in [5.74, 6) is 0.766. The Morgan fingerprint density at radius 3 is 2.60 bits per heavy atom. The monoisotopic (exact) mass is 445 g/mol. The zero-order chi connectivity index (χ0) is 21.3. The summed E-state index contributed by atoms with van der Waals surface area (Å²) in [5, 5.41) is 6.09. The van der Waals surface area contributed by atoms with E-state index in [4.69, 9.17) is 16.6 Å². The fourth-order valence-corrected chi connectivity index (χ4v) is 5.04. The molecule has 4 rings (SSSR count). The minimum Gasteiger partial charge on any atom is -0.343 e. The third-order valence-corrected chi connectivity index (χ3v) is 6.54. The lowest BCUT2D eigenvalue weighted by Gasteiger charge is -2.23. The zero-order valence-corrected chi connectivity index (χ0v) is 18.6. The molecule has 1 unspecified atom stereocenters. The van der Waals surface area contributed by atoms with Gasteiger partial charge in [0.05, 0.1) is 17.9 Å². The fourth-order valence-electron chi connectivity index (χ4n) is 3.78. The van der Waals surface area contributed by atoms with Gasteiger partial charge >= 0.3 is 0 Å². The number of nitrogens with zero attached hydrogens (tertiary/aromatic N) is 5. The van der Waals surface area contributed by atoms with Crippen LogP contribution in [0.2, 0.25) is 5.02 Å². The van der Waals surface area contributed by atoms with Gasteiger partial charge in [-0.1, -0.05) is 37.2 Å². The van der Waals surface area contributed by atoms with Crippen molar-refractivity contribution in [1.29, 1.82) is 0 Å². The van der Waals surface area contributed by atoms with E-state index in [2.05, 4.69) is 18.9 Å². The molecule has 0 N–H and O–H groups in total. The van der Waals surface area contributed by atoms with E-state index in [9.17, 15) is 9.59 Å². The topological polar surface area (TPSA) is 73.0 Å². The molecule has 1 aliphatic rings. The number of benzene rings is 1. The molecule has 1 aliphatic heterocycles. The molecule has 158 valence electrons. The van der Waals surface area contributed by atoms with Gasteiger partial charge in [-0.05, 0) is 37.1 Å². The van der Waals surface area contributed by atoms with E-state index in [-0.39, 0.29) is 17.5 Å². The zero-order valence-electron chi connectivity index (χ0n) is 17.0. The second kappa shape index (κ2) is 8.81. The largest absolute Gasteiger partial charge is 0.343 e. The maximum atomic E-state index is 13.2. The number of carbonyl (C=O) groups is 1. The Morgan fingerprint density at radius 1 is 1.23 bits per heavy atom. The Hall–Kier alpha value is -2.32. The van der Waals surface area contributed by atoms with Crippen LogP contribution in [0.4, 0.5) is 0 Å². The van der Waals surface area contributed by atoms with Crippen LogP contribution in [-0.2, 0) is 4.79 Å². The standard InChI is InChI=1S/C21H24ClN5O2S/c1-3-9-25(10-4-2)18(28)11-16-13-30-21-24-19-17(20(29)26(16)21)12-23-27(19)15-7-5-14(22)6-8-15/h5-8,12,16H,3-4,9-11,13H2,1-2H3. The first-order chi connectivity index (χ1) is 14.5. The van der Waals surface area contributed by atoms with Crippen molar-refractivity contribution in [2.45, 2.75) is 44.3 Å². The molecule has 0 saturated heterocycles. The van der Waals surface area contributed by atoms with Gasteiger partial charge in [0, 0.05) is 30.3 Å². The molecule has 0 aliphatic carbocycles. The number of hydrogen-bond acceptors (Lipinski definition) is 5. The number of carbonyl (C=O) groups excluding carboxylic acids is 1. The van der Waals surface area contributed by atoms with Crippen LogP contribution in [0.15, 0.2) is 40.4 Å². The summed E-state index contributed by atoms with van der Waals surface area (Å²) in [5.41, 5.74) is 1.16. The Balaban J connectivity index is 1.67. The molecule has 1 atom stereocenters. The first-order valence-electron chi connectivity index (χ1n) is 10.2. The van der Waals surface area contributed by atoms with E-state index in [0.29, 0.717) is 33.4 Å². The molecule has 2 aromatic heterocycles. The molecule has 30 heavy (non-hydrogen) atoms. The van der Waals surface area contributed by atoms with Gasteiger partial charge in [-0.15, -0.1) is 0 Å². The molecule has 0 radical (unpaired) electrons. The van der Waals surface area contributed by atoms with Gasteiger partial charge < -0.3 is 4.90 Å². The van der Waals surface area contributed by atoms with Gasteiger partial charge in [0.15, 0.2) is 10.8 Å². The third kappa shape index (κ3) is 3.86. The second-order valence-corrected chi connectivity index (χ2v) is 8.81. The molecule has 3 aromatic rings. The summed E-state index contributed by atoms with van der Waals surface area (Å²) in [6.45, 7) is 5.64. The third-order valence-electron chi connectivity index (χ3n) is 5.19. The van der Waals surface area contributed by atoms with Gasteiger partial charge in [0.2, 0.25) is 5.91 Å². The molecule has 0 spiro atoms. The van der Waals surface area contributed by atoms with Crippen molar-refractivity contribution in [2.24, 2.45) is 0 Å². The van der Waals surface area contributed by atoms with Crippen LogP contribution >= 0.6 is 23.4 Å². The van der Waals surface area contributed by atoms with Crippen molar-refractivity contribution in [3.8, 4) is 5.69 Å². The predicted octanol–water partition coefficient (Wildman–Crippen LogP) is 3.92. The van der Waals surface area contributed by atoms with E-state index in [0.717, 1.165) is 31.6 Å². The molecule has 9 heteroatoms. The SMILES string of the molecule is CCCN(CCC)C(=O)CC1CSc2nc3c(cnn3-c3ccc(Cl)cc3)c(=O)n21. The molecule has 0 fully saturated rings. The molecular weight excluding hydrogens is 422 g/mol. The highest BCUT2D eigenvalue weighted by atomic mass is 35.5. The minimum absolute atomic E-state index is 0.0982. The summed E-state index contributed by atoms with van der Waals surface area (Å²) < 4.78 is 3.33. The quantitative estimate of drug-likeness (QED) is 0.515. The van der Waals surface area contributed by atoms with Gasteiger partial charge in [-0.3, -0.25) is 14.2 Å². The lowest BCUT2D eigenvalue weighted by molar-refractivity contribution is -0.132. The smallest absolute Gasteiger partial charge is 0.265 e. The normalized spacial score (nSPS) is 15.5. The number of halogens is 1. The van der Waals surface area contributed by atoms with Crippen LogP contribution in [0.5, 0.6) is 0 Å². The Morgan fingerprint density at radius 2 is 1.93 bits per heavy atom. The number of hydrogen-bond donors (Lipinski definition) is 0. The predicted molar refractivity (Wildman–Crippen MR) is 120 cm³/mol.